The minimum absolute atomic E-state index is 0.0579. The lowest BCUT2D eigenvalue weighted by atomic mass is 9.44. The maximum Gasteiger partial charge on any atom is 0.511 e. The van der Waals surface area contributed by atoms with Crippen LogP contribution in [0.1, 0.15) is 318 Å². The van der Waals surface area contributed by atoms with Crippen molar-refractivity contribution in [3.05, 3.63) is 24.3 Å². The number of Topliss-reactive ketones (excluding diaryl/α,β-unsaturated/α-hetero) is 1. The van der Waals surface area contributed by atoms with Crippen molar-refractivity contribution >= 4 is 35.8 Å². The molecule has 4 aliphatic carbocycles. The van der Waals surface area contributed by atoms with E-state index < -0.39 is 30.5 Å². The quantitative estimate of drug-likeness (QED) is 0.0187. The summed E-state index contributed by atoms with van der Waals surface area (Å²) in [5.74, 6) is 1.28. The van der Waals surface area contributed by atoms with Gasteiger partial charge in [-0.3, -0.25) is 24.0 Å². The molecule has 0 bridgehead atoms. The number of rotatable bonds is 46. The van der Waals surface area contributed by atoms with E-state index >= 15 is 0 Å². The Hall–Kier alpha value is -3.70. The van der Waals surface area contributed by atoms with Crippen molar-refractivity contribution < 1.29 is 57.2 Å². The third-order valence-corrected chi connectivity index (χ3v) is 20.2. The van der Waals surface area contributed by atoms with Gasteiger partial charge in [0.05, 0.1) is 0 Å². The fourth-order valence-corrected chi connectivity index (χ4v) is 15.3. The zero-order chi connectivity index (χ0) is 60.8. The number of fused-ring (bicyclic) bond motifs is 5. The Labute approximate surface area is 511 Å². The molecule has 4 aliphatic rings. The zero-order valence-electron chi connectivity index (χ0n) is 54.5. The Bertz CT molecular complexity index is 1870. The van der Waals surface area contributed by atoms with Gasteiger partial charge in [-0.25, -0.2) is 4.79 Å². The van der Waals surface area contributed by atoms with Crippen LogP contribution in [0.5, 0.6) is 0 Å². The first-order valence-electron chi connectivity index (χ1n) is 35.0. The van der Waals surface area contributed by atoms with Crippen LogP contribution in [0.3, 0.4) is 0 Å². The zero-order valence-corrected chi connectivity index (χ0v) is 54.5. The van der Waals surface area contributed by atoms with Crippen molar-refractivity contribution in [3.63, 3.8) is 0 Å². The average Bonchev–Trinajstić information content (AvgIpc) is 1.79. The van der Waals surface area contributed by atoms with E-state index in [1.165, 1.54) is 116 Å². The molecule has 4 rings (SSSR count). The molecular weight excluding hydrogens is 1060 g/mol. The summed E-state index contributed by atoms with van der Waals surface area (Å²) in [6.45, 7) is 14.3. The molecule has 0 radical (unpaired) electrons. The van der Waals surface area contributed by atoms with Gasteiger partial charge in [-0.15, -0.1) is 0 Å². The Morgan fingerprint density at radius 2 is 0.964 bits per heavy atom. The molecule has 0 amide bonds. The Morgan fingerprint density at radius 3 is 1.50 bits per heavy atom. The van der Waals surface area contributed by atoms with E-state index in [1.54, 1.807) is 6.92 Å². The molecule has 0 aromatic rings. The fraction of sp³-hybridized carbons (Fsp3) is 0.861. The topological polar surface area (TPSA) is 158 Å². The third kappa shape index (κ3) is 28.0. The molecule has 0 aliphatic heterocycles. The van der Waals surface area contributed by atoms with Gasteiger partial charge in [0.2, 0.25) is 6.29 Å². The molecule has 0 heterocycles. The lowest BCUT2D eigenvalue weighted by molar-refractivity contribution is -0.171. The number of allylic oxidation sites excluding steroid dienone is 4. The summed E-state index contributed by atoms with van der Waals surface area (Å²) in [6, 6.07) is 0. The maximum absolute atomic E-state index is 13.2. The number of carbonyl (C=O) groups excluding carboxylic acids is 6. The van der Waals surface area contributed by atoms with E-state index in [-0.39, 0.29) is 79.6 Å². The second-order valence-electron chi connectivity index (χ2n) is 27.1. The number of hydrogen-bond acceptors (Lipinski definition) is 12. The normalized spacial score (nSPS) is 24.5. The van der Waals surface area contributed by atoms with Gasteiger partial charge in [-0.2, -0.15) is 0 Å². The molecule has 5 unspecified atom stereocenters. The van der Waals surface area contributed by atoms with E-state index in [4.69, 9.17) is 28.4 Å². The van der Waals surface area contributed by atoms with Gasteiger partial charge >= 0.3 is 30.0 Å². The van der Waals surface area contributed by atoms with Crippen molar-refractivity contribution in [1.29, 1.82) is 0 Å². The van der Waals surface area contributed by atoms with Crippen LogP contribution < -0.4 is 0 Å². The summed E-state index contributed by atoms with van der Waals surface area (Å²) >= 11 is 0. The number of unbranched alkanes of at least 4 members (excludes halogenated alkanes) is 23. The summed E-state index contributed by atoms with van der Waals surface area (Å²) in [6.07, 6.45) is 48.8. The Morgan fingerprint density at radius 1 is 0.488 bits per heavy atom. The van der Waals surface area contributed by atoms with Gasteiger partial charge in [0.25, 0.3) is 0 Å². The molecule has 0 aromatic carbocycles. The number of esters is 4. The van der Waals surface area contributed by atoms with E-state index in [2.05, 4.69) is 52.0 Å². The molecule has 4 saturated carbocycles. The molecule has 4 fully saturated rings. The molecule has 12 nitrogen and oxygen atoms in total. The molecule has 0 spiro atoms. The van der Waals surface area contributed by atoms with Crippen LogP contribution in [0.15, 0.2) is 24.3 Å². The van der Waals surface area contributed by atoms with Gasteiger partial charge in [0.1, 0.15) is 25.1 Å². The van der Waals surface area contributed by atoms with Gasteiger partial charge in [-0.05, 0) is 176 Å². The molecule has 482 valence electrons. The van der Waals surface area contributed by atoms with Gasteiger partial charge in [-0.1, -0.05) is 174 Å². The lowest BCUT2D eigenvalue weighted by Crippen LogP contribution is -2.54. The smallest absolute Gasteiger partial charge is 0.462 e. The van der Waals surface area contributed by atoms with Gasteiger partial charge in [0, 0.05) is 38.5 Å². The fourth-order valence-electron chi connectivity index (χ4n) is 15.3. The molecule has 12 heteroatoms. The van der Waals surface area contributed by atoms with Crippen molar-refractivity contribution in [2.75, 3.05) is 13.2 Å². The van der Waals surface area contributed by atoms with Crippen molar-refractivity contribution in [3.8, 4) is 0 Å². The standard InChI is InChI=1S/C72H122O12/c1-8-10-12-14-16-18-20-22-24-26-28-30-32-34-36-41-66(74)79-54-61(55-80-67(75)42-37-35-33-31-29-27-25-23-21-19-17-15-13-11-9-2)83-69(77)52-56(3)40-38-39-43-68(76)81-58(5)82-70(78)84-60-48-50-71(6)59(53-60)44-45-62-64-47-46-63(57(4)73)72(64,7)51-49-65(62)71/h22-25,56,58-65H,8-21,26-55H2,1-7H3/b24-22-,25-23-/t56?,58?,59?,60-,62-,63+,64?,65?,71-,72+/m0/s1. The maximum atomic E-state index is 13.2. The lowest BCUT2D eigenvalue weighted by Gasteiger charge is -2.61. The van der Waals surface area contributed by atoms with E-state index in [0.29, 0.717) is 48.7 Å². The molecule has 84 heavy (non-hydrogen) atoms. The van der Waals surface area contributed by atoms with Crippen LogP contribution in [0.25, 0.3) is 0 Å². The highest BCUT2D eigenvalue weighted by atomic mass is 16.8. The summed E-state index contributed by atoms with van der Waals surface area (Å²) in [7, 11) is 0. The van der Waals surface area contributed by atoms with Crippen LogP contribution in [0, 0.1) is 46.3 Å². The second-order valence-corrected chi connectivity index (χ2v) is 27.1. The summed E-state index contributed by atoms with van der Waals surface area (Å²) in [5, 5.41) is 0. The predicted molar refractivity (Wildman–Crippen MR) is 336 cm³/mol. The molecule has 0 aromatic heterocycles. The molecule has 10 atom stereocenters. The monoisotopic (exact) mass is 1180 g/mol. The van der Waals surface area contributed by atoms with Crippen molar-refractivity contribution in [2.24, 2.45) is 46.3 Å². The predicted octanol–water partition coefficient (Wildman–Crippen LogP) is 19.3. The number of ketones is 1. The molecular formula is C72H122O12. The van der Waals surface area contributed by atoms with Crippen molar-refractivity contribution in [2.45, 2.75) is 337 Å². The third-order valence-electron chi connectivity index (χ3n) is 20.2. The minimum atomic E-state index is -1.09. The van der Waals surface area contributed by atoms with Gasteiger partial charge < -0.3 is 28.4 Å². The minimum Gasteiger partial charge on any atom is -0.462 e. The first kappa shape index (κ1) is 72.8. The van der Waals surface area contributed by atoms with E-state index in [0.717, 1.165) is 116 Å². The number of carbonyl (C=O) groups is 6. The summed E-state index contributed by atoms with van der Waals surface area (Å²) < 4.78 is 33.6. The van der Waals surface area contributed by atoms with E-state index in [9.17, 15) is 28.8 Å². The number of ether oxygens (including phenoxy) is 6. The Kier molecular flexibility index (Phi) is 36.6. The molecule has 0 saturated heterocycles. The highest BCUT2D eigenvalue weighted by molar-refractivity contribution is 5.79. The van der Waals surface area contributed by atoms with Crippen molar-refractivity contribution in [1.82, 2.24) is 0 Å². The van der Waals surface area contributed by atoms with Crippen LogP contribution in [0.4, 0.5) is 4.79 Å². The first-order valence-corrected chi connectivity index (χ1v) is 35.0. The SMILES string of the molecule is CCCCCCCC/C=C\CCCCCCCC(=O)OCC(COC(=O)CCCCCCC/C=C\CCCCCCCC)OC(=O)CC(C)CCCCC(=O)OC(C)OC(=O)O[C@H]1CC[C@@]2(C)C(CC[C@@H]3C2CC[C@@]2(C)C3CC[C@@H]2C(C)=O)C1. The second kappa shape index (κ2) is 42.2. The highest BCUT2D eigenvalue weighted by Crippen LogP contribution is 2.67. The summed E-state index contributed by atoms with van der Waals surface area (Å²) in [5.41, 5.74) is 0.345. The largest absolute Gasteiger partial charge is 0.511 e. The van der Waals surface area contributed by atoms with Crippen LogP contribution >= 0.6 is 0 Å². The van der Waals surface area contributed by atoms with Crippen LogP contribution in [0.2, 0.25) is 0 Å². The molecule has 0 N–H and O–H groups in total. The highest BCUT2D eigenvalue weighted by Gasteiger charge is 2.61. The Balaban J connectivity index is 1.09. The first-order chi connectivity index (χ1) is 40.6. The van der Waals surface area contributed by atoms with Gasteiger partial charge in [0.15, 0.2) is 6.10 Å². The summed E-state index contributed by atoms with van der Waals surface area (Å²) in [4.78, 5) is 77.2. The van der Waals surface area contributed by atoms with Crippen LogP contribution in [-0.2, 0) is 52.4 Å². The average molecular weight is 1180 g/mol. The number of hydrogen-bond donors (Lipinski definition) is 0. The van der Waals surface area contributed by atoms with E-state index in [1.807, 2.05) is 6.92 Å². The van der Waals surface area contributed by atoms with Crippen LogP contribution in [-0.4, -0.2) is 67.5 Å².